The Bertz CT molecular complexity index is 408. The van der Waals surface area contributed by atoms with E-state index in [2.05, 4.69) is 4.74 Å². The van der Waals surface area contributed by atoms with Crippen LogP contribution in [-0.2, 0) is 9.53 Å². The first kappa shape index (κ1) is 11.3. The van der Waals surface area contributed by atoms with Gasteiger partial charge in [0.25, 0.3) is 0 Å². The minimum absolute atomic E-state index is 0.381. The summed E-state index contributed by atoms with van der Waals surface area (Å²) < 4.78 is 4.51. The van der Waals surface area contributed by atoms with E-state index in [-0.39, 0.29) is 5.97 Å². The van der Waals surface area contributed by atoms with Crippen molar-refractivity contribution in [3.05, 3.63) is 34.9 Å². The summed E-state index contributed by atoms with van der Waals surface area (Å²) >= 11 is 0. The van der Waals surface area contributed by atoms with Gasteiger partial charge < -0.3 is 10.5 Å². The standard InChI is InChI=1S/C12H15NO2/c1-8-6-9(2)12(13)10(7-8)4-5-11(14)15-3/h4-7H,13H2,1-3H3/b5-4+. The molecule has 0 atom stereocenters. The van der Waals surface area contributed by atoms with Crippen molar-refractivity contribution in [2.75, 3.05) is 12.8 Å². The summed E-state index contributed by atoms with van der Waals surface area (Å²) in [7, 11) is 1.34. The molecular weight excluding hydrogens is 190 g/mol. The van der Waals surface area contributed by atoms with Crippen LogP contribution in [0.1, 0.15) is 16.7 Å². The van der Waals surface area contributed by atoms with Crippen LogP contribution >= 0.6 is 0 Å². The molecule has 1 aromatic carbocycles. The van der Waals surface area contributed by atoms with Gasteiger partial charge in [-0.2, -0.15) is 0 Å². The molecule has 0 aliphatic rings. The van der Waals surface area contributed by atoms with Gasteiger partial charge in [-0.1, -0.05) is 11.6 Å². The lowest BCUT2D eigenvalue weighted by atomic mass is 10.0. The normalized spacial score (nSPS) is 10.6. The third-order valence-corrected chi connectivity index (χ3v) is 2.16. The van der Waals surface area contributed by atoms with E-state index in [1.165, 1.54) is 13.2 Å². The summed E-state index contributed by atoms with van der Waals surface area (Å²) in [5.41, 5.74) is 9.55. The fraction of sp³-hybridized carbons (Fsp3) is 0.250. The zero-order chi connectivity index (χ0) is 11.4. The Morgan fingerprint density at radius 1 is 1.40 bits per heavy atom. The fourth-order valence-corrected chi connectivity index (χ4v) is 1.38. The third-order valence-electron chi connectivity index (χ3n) is 2.16. The van der Waals surface area contributed by atoms with Gasteiger partial charge in [-0.3, -0.25) is 0 Å². The van der Waals surface area contributed by atoms with Gasteiger partial charge in [-0.25, -0.2) is 4.79 Å². The van der Waals surface area contributed by atoms with Crippen molar-refractivity contribution in [2.24, 2.45) is 0 Å². The minimum atomic E-state index is -0.381. The number of hydrogen-bond donors (Lipinski definition) is 1. The summed E-state index contributed by atoms with van der Waals surface area (Å²) in [6.45, 7) is 3.93. The van der Waals surface area contributed by atoms with Crippen LogP contribution in [0.4, 0.5) is 5.69 Å². The number of ether oxygens (including phenoxy) is 1. The van der Waals surface area contributed by atoms with Crippen LogP contribution in [-0.4, -0.2) is 13.1 Å². The zero-order valence-electron chi connectivity index (χ0n) is 9.20. The summed E-state index contributed by atoms with van der Waals surface area (Å²) in [5.74, 6) is -0.381. The van der Waals surface area contributed by atoms with E-state index in [4.69, 9.17) is 5.73 Å². The average molecular weight is 205 g/mol. The summed E-state index contributed by atoms with van der Waals surface area (Å²) in [6.07, 6.45) is 3.03. The fourth-order valence-electron chi connectivity index (χ4n) is 1.38. The quantitative estimate of drug-likeness (QED) is 0.457. The van der Waals surface area contributed by atoms with E-state index < -0.39 is 0 Å². The predicted octanol–water partition coefficient (Wildman–Crippen LogP) is 2.07. The lowest BCUT2D eigenvalue weighted by molar-refractivity contribution is -0.134. The molecule has 0 spiro atoms. The topological polar surface area (TPSA) is 52.3 Å². The zero-order valence-corrected chi connectivity index (χ0v) is 9.20. The summed E-state index contributed by atoms with van der Waals surface area (Å²) in [5, 5.41) is 0. The molecule has 0 radical (unpaired) electrons. The minimum Gasteiger partial charge on any atom is -0.466 e. The second-order valence-electron chi connectivity index (χ2n) is 3.44. The van der Waals surface area contributed by atoms with E-state index in [1.807, 2.05) is 26.0 Å². The SMILES string of the molecule is COC(=O)/C=C/c1cc(C)cc(C)c1N. The molecule has 0 amide bonds. The van der Waals surface area contributed by atoms with Crippen molar-refractivity contribution in [3.63, 3.8) is 0 Å². The van der Waals surface area contributed by atoms with Gasteiger partial charge in [0.1, 0.15) is 0 Å². The first-order chi connectivity index (χ1) is 7.04. The van der Waals surface area contributed by atoms with Gasteiger partial charge in [0.2, 0.25) is 0 Å². The van der Waals surface area contributed by atoms with Crippen molar-refractivity contribution in [2.45, 2.75) is 13.8 Å². The van der Waals surface area contributed by atoms with E-state index >= 15 is 0 Å². The maximum absolute atomic E-state index is 10.9. The Balaban J connectivity index is 3.04. The molecule has 80 valence electrons. The number of benzene rings is 1. The van der Waals surface area contributed by atoms with Crippen LogP contribution in [0.3, 0.4) is 0 Å². The van der Waals surface area contributed by atoms with E-state index in [9.17, 15) is 4.79 Å². The molecule has 2 N–H and O–H groups in total. The van der Waals surface area contributed by atoms with Gasteiger partial charge in [0, 0.05) is 11.8 Å². The van der Waals surface area contributed by atoms with Crippen LogP contribution in [0.2, 0.25) is 0 Å². The molecule has 0 heterocycles. The van der Waals surface area contributed by atoms with Crippen LogP contribution in [0.5, 0.6) is 0 Å². The molecule has 0 aliphatic heterocycles. The maximum atomic E-state index is 10.9. The van der Waals surface area contributed by atoms with Crippen molar-refractivity contribution < 1.29 is 9.53 Å². The molecule has 0 aromatic heterocycles. The highest BCUT2D eigenvalue weighted by Gasteiger charge is 2.01. The van der Waals surface area contributed by atoms with Crippen molar-refractivity contribution in [1.82, 2.24) is 0 Å². The number of rotatable bonds is 2. The van der Waals surface area contributed by atoms with Crippen LogP contribution in [0.25, 0.3) is 6.08 Å². The molecule has 0 aliphatic carbocycles. The molecule has 0 bridgehead atoms. The highest BCUT2D eigenvalue weighted by molar-refractivity contribution is 5.88. The maximum Gasteiger partial charge on any atom is 0.330 e. The smallest absolute Gasteiger partial charge is 0.330 e. The Kier molecular flexibility index (Phi) is 3.50. The summed E-state index contributed by atoms with van der Waals surface area (Å²) in [6, 6.07) is 3.94. The van der Waals surface area contributed by atoms with E-state index in [0.717, 1.165) is 16.7 Å². The van der Waals surface area contributed by atoms with E-state index in [1.54, 1.807) is 6.08 Å². The third kappa shape index (κ3) is 2.84. The molecule has 0 saturated heterocycles. The summed E-state index contributed by atoms with van der Waals surface area (Å²) in [4.78, 5) is 10.9. The average Bonchev–Trinajstić information content (AvgIpc) is 2.20. The second-order valence-corrected chi connectivity index (χ2v) is 3.44. The Morgan fingerprint density at radius 2 is 2.07 bits per heavy atom. The van der Waals surface area contributed by atoms with Gasteiger partial charge in [-0.15, -0.1) is 0 Å². The predicted molar refractivity (Wildman–Crippen MR) is 61.4 cm³/mol. The number of nitrogen functional groups attached to an aromatic ring is 1. The lowest BCUT2D eigenvalue weighted by Gasteiger charge is -2.06. The molecule has 0 unspecified atom stereocenters. The number of methoxy groups -OCH3 is 1. The number of carbonyl (C=O) groups excluding carboxylic acids is 1. The Labute approximate surface area is 89.5 Å². The molecule has 0 fully saturated rings. The van der Waals surface area contributed by atoms with Gasteiger partial charge in [0.15, 0.2) is 0 Å². The first-order valence-corrected chi connectivity index (χ1v) is 4.67. The first-order valence-electron chi connectivity index (χ1n) is 4.67. The molecule has 3 nitrogen and oxygen atoms in total. The van der Waals surface area contributed by atoms with Crippen molar-refractivity contribution in [3.8, 4) is 0 Å². The van der Waals surface area contributed by atoms with Crippen molar-refractivity contribution in [1.29, 1.82) is 0 Å². The highest BCUT2D eigenvalue weighted by atomic mass is 16.5. The molecule has 1 rings (SSSR count). The molecule has 15 heavy (non-hydrogen) atoms. The second kappa shape index (κ2) is 4.64. The van der Waals surface area contributed by atoms with Crippen LogP contribution < -0.4 is 5.73 Å². The van der Waals surface area contributed by atoms with Gasteiger partial charge in [-0.05, 0) is 37.1 Å². The number of carbonyl (C=O) groups is 1. The Morgan fingerprint density at radius 3 is 2.67 bits per heavy atom. The Hall–Kier alpha value is -1.77. The number of anilines is 1. The van der Waals surface area contributed by atoms with Gasteiger partial charge in [0.05, 0.1) is 7.11 Å². The van der Waals surface area contributed by atoms with E-state index in [0.29, 0.717) is 5.69 Å². The van der Waals surface area contributed by atoms with Crippen molar-refractivity contribution >= 4 is 17.7 Å². The largest absolute Gasteiger partial charge is 0.466 e. The lowest BCUT2D eigenvalue weighted by Crippen LogP contribution is -1.96. The van der Waals surface area contributed by atoms with Gasteiger partial charge >= 0.3 is 5.97 Å². The van der Waals surface area contributed by atoms with Crippen LogP contribution in [0.15, 0.2) is 18.2 Å². The number of nitrogens with two attached hydrogens (primary N) is 1. The van der Waals surface area contributed by atoms with Crippen LogP contribution in [0, 0.1) is 13.8 Å². The number of hydrogen-bond acceptors (Lipinski definition) is 3. The monoisotopic (exact) mass is 205 g/mol. The number of aryl methyl sites for hydroxylation is 2. The number of esters is 1. The molecule has 1 aromatic rings. The molecule has 3 heteroatoms. The highest BCUT2D eigenvalue weighted by Crippen LogP contribution is 2.20. The molecule has 0 saturated carbocycles. The molecular formula is C12H15NO2.